The van der Waals surface area contributed by atoms with Crippen LogP contribution in [-0.2, 0) is 5.75 Å². The molecule has 4 rings (SSSR count). The third-order valence-corrected chi connectivity index (χ3v) is 5.88. The molecule has 0 unspecified atom stereocenters. The van der Waals surface area contributed by atoms with E-state index < -0.39 is 0 Å². The number of rotatable bonds is 7. The Morgan fingerprint density at radius 1 is 0.871 bits per heavy atom. The number of ether oxygens (including phenoxy) is 3. The van der Waals surface area contributed by atoms with Crippen molar-refractivity contribution >= 4 is 22.7 Å². The van der Waals surface area contributed by atoms with E-state index in [9.17, 15) is 4.79 Å². The van der Waals surface area contributed by atoms with Crippen LogP contribution in [0.4, 0.5) is 0 Å². The zero-order valence-corrected chi connectivity index (χ0v) is 18.3. The standard InChI is InChI=1S/C24H22N2O4S/c1-28-17-8-6-7-16(13-17)15-31-24-25-20-10-5-4-9-19(20)23(27)26(24)21-14-18(29-2)11-12-22(21)30-3/h4-14H,15H2,1-3H3. The van der Waals surface area contributed by atoms with Gasteiger partial charge >= 0.3 is 0 Å². The number of hydrogen-bond acceptors (Lipinski definition) is 6. The maximum atomic E-state index is 13.5. The Labute approximate surface area is 184 Å². The summed E-state index contributed by atoms with van der Waals surface area (Å²) in [5, 5.41) is 1.11. The summed E-state index contributed by atoms with van der Waals surface area (Å²) in [5.74, 6) is 2.59. The van der Waals surface area contributed by atoms with Crippen molar-refractivity contribution in [2.75, 3.05) is 21.3 Å². The average Bonchev–Trinajstić information content (AvgIpc) is 2.82. The highest BCUT2D eigenvalue weighted by Gasteiger charge is 2.17. The van der Waals surface area contributed by atoms with Crippen LogP contribution in [-0.4, -0.2) is 30.9 Å². The lowest BCUT2D eigenvalue weighted by molar-refractivity contribution is 0.400. The first kappa shape index (κ1) is 20.8. The van der Waals surface area contributed by atoms with Crippen LogP contribution >= 0.6 is 11.8 Å². The fourth-order valence-corrected chi connectivity index (χ4v) is 4.25. The van der Waals surface area contributed by atoms with Crippen LogP contribution in [0, 0.1) is 0 Å². The van der Waals surface area contributed by atoms with Gasteiger partial charge in [-0.3, -0.25) is 9.36 Å². The van der Waals surface area contributed by atoms with Crippen molar-refractivity contribution in [2.24, 2.45) is 0 Å². The molecular weight excluding hydrogens is 412 g/mol. The number of aromatic nitrogens is 2. The van der Waals surface area contributed by atoms with Gasteiger partial charge in [-0.15, -0.1) is 0 Å². The molecule has 0 atom stereocenters. The summed E-state index contributed by atoms with van der Waals surface area (Å²) < 4.78 is 17.8. The third kappa shape index (κ3) is 4.22. The molecule has 0 aliphatic rings. The number of para-hydroxylation sites is 1. The summed E-state index contributed by atoms with van der Waals surface area (Å²) in [5.41, 5.74) is 2.14. The molecule has 0 N–H and O–H groups in total. The van der Waals surface area contributed by atoms with Crippen molar-refractivity contribution in [3.8, 4) is 22.9 Å². The molecule has 31 heavy (non-hydrogen) atoms. The smallest absolute Gasteiger partial charge is 0.266 e. The maximum Gasteiger partial charge on any atom is 0.266 e. The first-order chi connectivity index (χ1) is 15.1. The van der Waals surface area contributed by atoms with Gasteiger partial charge in [-0.25, -0.2) is 4.98 Å². The normalized spacial score (nSPS) is 10.8. The number of thioether (sulfide) groups is 1. The van der Waals surface area contributed by atoms with Gasteiger partial charge in [0, 0.05) is 11.8 Å². The highest BCUT2D eigenvalue weighted by Crippen LogP contribution is 2.32. The van der Waals surface area contributed by atoms with Crippen LogP contribution in [0.1, 0.15) is 5.56 Å². The summed E-state index contributed by atoms with van der Waals surface area (Å²) in [6.07, 6.45) is 0. The SMILES string of the molecule is COc1cccc(CSc2nc3ccccc3c(=O)n2-c2cc(OC)ccc2OC)c1. The molecule has 3 aromatic carbocycles. The van der Waals surface area contributed by atoms with E-state index >= 15 is 0 Å². The van der Waals surface area contributed by atoms with Gasteiger partial charge in [-0.2, -0.15) is 0 Å². The molecule has 4 aromatic rings. The molecule has 0 radical (unpaired) electrons. The monoisotopic (exact) mass is 434 g/mol. The van der Waals surface area contributed by atoms with Gasteiger partial charge in [0.2, 0.25) is 0 Å². The fraction of sp³-hybridized carbons (Fsp3) is 0.167. The Bertz CT molecular complexity index is 1290. The molecule has 0 fully saturated rings. The Morgan fingerprint density at radius 2 is 1.65 bits per heavy atom. The van der Waals surface area contributed by atoms with Gasteiger partial charge in [-0.05, 0) is 42.0 Å². The lowest BCUT2D eigenvalue weighted by Gasteiger charge is -2.17. The van der Waals surface area contributed by atoms with E-state index in [1.54, 1.807) is 50.2 Å². The first-order valence-corrected chi connectivity index (χ1v) is 10.6. The molecule has 6 nitrogen and oxygen atoms in total. The van der Waals surface area contributed by atoms with Crippen molar-refractivity contribution in [1.29, 1.82) is 0 Å². The molecule has 0 aliphatic heterocycles. The van der Waals surface area contributed by atoms with Gasteiger partial charge in [0.05, 0.1) is 37.9 Å². The predicted octanol–water partition coefficient (Wildman–Crippen LogP) is 4.70. The minimum atomic E-state index is -0.162. The summed E-state index contributed by atoms with van der Waals surface area (Å²) in [4.78, 5) is 18.3. The molecule has 7 heteroatoms. The molecule has 1 aromatic heterocycles. The second-order valence-electron chi connectivity index (χ2n) is 6.73. The van der Waals surface area contributed by atoms with Gasteiger partial charge < -0.3 is 14.2 Å². The van der Waals surface area contributed by atoms with Crippen molar-refractivity contribution in [1.82, 2.24) is 9.55 Å². The molecule has 0 spiro atoms. The van der Waals surface area contributed by atoms with Crippen molar-refractivity contribution in [3.63, 3.8) is 0 Å². The zero-order chi connectivity index (χ0) is 21.8. The summed E-state index contributed by atoms with van der Waals surface area (Å²) in [7, 11) is 4.81. The lowest BCUT2D eigenvalue weighted by atomic mass is 10.2. The lowest BCUT2D eigenvalue weighted by Crippen LogP contribution is -2.22. The van der Waals surface area contributed by atoms with E-state index in [1.807, 2.05) is 42.5 Å². The average molecular weight is 435 g/mol. The number of nitrogens with zero attached hydrogens (tertiary/aromatic N) is 2. The zero-order valence-electron chi connectivity index (χ0n) is 17.5. The third-order valence-electron chi connectivity index (χ3n) is 4.87. The topological polar surface area (TPSA) is 62.6 Å². The highest BCUT2D eigenvalue weighted by molar-refractivity contribution is 7.98. The molecule has 0 saturated carbocycles. The molecule has 158 valence electrons. The van der Waals surface area contributed by atoms with Crippen LogP contribution in [0.2, 0.25) is 0 Å². The summed E-state index contributed by atoms with van der Waals surface area (Å²) in [6, 6.07) is 20.5. The summed E-state index contributed by atoms with van der Waals surface area (Å²) >= 11 is 1.48. The number of fused-ring (bicyclic) bond motifs is 1. The number of hydrogen-bond donors (Lipinski definition) is 0. The van der Waals surface area contributed by atoms with Crippen LogP contribution < -0.4 is 19.8 Å². The molecule has 0 aliphatic carbocycles. The van der Waals surface area contributed by atoms with Gasteiger partial charge in [0.25, 0.3) is 5.56 Å². The number of methoxy groups -OCH3 is 3. The van der Waals surface area contributed by atoms with E-state index in [1.165, 1.54) is 11.8 Å². The minimum Gasteiger partial charge on any atom is -0.497 e. The van der Waals surface area contributed by atoms with Crippen molar-refractivity contribution in [2.45, 2.75) is 10.9 Å². The van der Waals surface area contributed by atoms with E-state index in [4.69, 9.17) is 19.2 Å². The van der Waals surface area contributed by atoms with Crippen molar-refractivity contribution in [3.05, 3.63) is 82.6 Å². The predicted molar refractivity (Wildman–Crippen MR) is 123 cm³/mol. The Kier molecular flexibility index (Phi) is 6.13. The first-order valence-electron chi connectivity index (χ1n) is 9.64. The molecule has 1 heterocycles. The van der Waals surface area contributed by atoms with Crippen LogP contribution in [0.15, 0.2) is 76.7 Å². The van der Waals surface area contributed by atoms with Crippen LogP contribution in [0.25, 0.3) is 16.6 Å². The Hall–Kier alpha value is -3.45. The molecular formula is C24H22N2O4S. The van der Waals surface area contributed by atoms with E-state index in [2.05, 4.69) is 0 Å². The van der Waals surface area contributed by atoms with E-state index in [0.717, 1.165) is 11.3 Å². The quantitative estimate of drug-likeness (QED) is 0.310. The summed E-state index contributed by atoms with van der Waals surface area (Å²) in [6.45, 7) is 0. The largest absolute Gasteiger partial charge is 0.497 e. The van der Waals surface area contributed by atoms with Crippen molar-refractivity contribution < 1.29 is 14.2 Å². The fourth-order valence-electron chi connectivity index (χ4n) is 3.30. The maximum absolute atomic E-state index is 13.5. The van der Waals surface area contributed by atoms with Crippen LogP contribution in [0.5, 0.6) is 17.2 Å². The Balaban J connectivity index is 1.87. The van der Waals surface area contributed by atoms with E-state index in [-0.39, 0.29) is 5.56 Å². The van der Waals surface area contributed by atoms with Gasteiger partial charge in [-0.1, -0.05) is 36.0 Å². The van der Waals surface area contributed by atoms with Gasteiger partial charge in [0.15, 0.2) is 5.16 Å². The Morgan fingerprint density at radius 3 is 2.42 bits per heavy atom. The minimum absolute atomic E-state index is 0.162. The van der Waals surface area contributed by atoms with Gasteiger partial charge in [0.1, 0.15) is 17.2 Å². The molecule has 0 amide bonds. The molecule has 0 bridgehead atoms. The second kappa shape index (κ2) is 9.14. The van der Waals surface area contributed by atoms with Crippen LogP contribution in [0.3, 0.4) is 0 Å². The van der Waals surface area contributed by atoms with E-state index in [0.29, 0.717) is 39.0 Å². The highest BCUT2D eigenvalue weighted by atomic mass is 32.2. The second-order valence-corrected chi connectivity index (χ2v) is 7.67. The molecule has 0 saturated heterocycles. The number of benzene rings is 3.